The summed E-state index contributed by atoms with van der Waals surface area (Å²) in [6, 6.07) is 5.10. The Morgan fingerprint density at radius 2 is 2.00 bits per heavy atom. The molecular formula is C10H10ClF3O2. The number of halogens is 4. The largest absolute Gasteiger partial charge is 0.573 e. The third-order valence-corrected chi connectivity index (χ3v) is 2.11. The van der Waals surface area contributed by atoms with Crippen molar-refractivity contribution in [3.8, 4) is 5.75 Å². The molecule has 0 aliphatic rings. The first-order valence-electron chi connectivity index (χ1n) is 4.47. The number of alkyl halides is 4. The van der Waals surface area contributed by atoms with E-state index in [1.54, 1.807) is 6.92 Å². The summed E-state index contributed by atoms with van der Waals surface area (Å²) in [6.07, 6.45) is -5.77. The molecule has 2 unspecified atom stereocenters. The zero-order chi connectivity index (χ0) is 12.3. The average molecular weight is 255 g/mol. The molecule has 0 aromatic heterocycles. The summed E-state index contributed by atoms with van der Waals surface area (Å²) in [5, 5.41) is 8.96. The first kappa shape index (κ1) is 13.1. The van der Waals surface area contributed by atoms with Crippen molar-refractivity contribution in [2.24, 2.45) is 0 Å². The second-order valence-electron chi connectivity index (χ2n) is 3.24. The molecular weight excluding hydrogens is 245 g/mol. The lowest BCUT2D eigenvalue weighted by molar-refractivity contribution is -0.274. The Kier molecular flexibility index (Phi) is 4.04. The third kappa shape index (κ3) is 3.90. The Morgan fingerprint density at radius 3 is 2.50 bits per heavy atom. The van der Waals surface area contributed by atoms with Crippen LogP contribution in [0.1, 0.15) is 18.6 Å². The Morgan fingerprint density at radius 1 is 1.38 bits per heavy atom. The van der Waals surface area contributed by atoms with Gasteiger partial charge in [-0.15, -0.1) is 24.8 Å². The van der Waals surface area contributed by atoms with E-state index in [0.29, 0.717) is 0 Å². The van der Waals surface area contributed by atoms with Crippen LogP contribution in [0.15, 0.2) is 24.3 Å². The first-order valence-corrected chi connectivity index (χ1v) is 4.91. The van der Waals surface area contributed by atoms with Crippen LogP contribution in [0.4, 0.5) is 13.2 Å². The molecule has 16 heavy (non-hydrogen) atoms. The van der Waals surface area contributed by atoms with Gasteiger partial charge in [-0.1, -0.05) is 12.1 Å². The van der Waals surface area contributed by atoms with Crippen LogP contribution in [0.2, 0.25) is 0 Å². The number of benzene rings is 1. The highest BCUT2D eigenvalue weighted by molar-refractivity contribution is 6.20. The summed E-state index contributed by atoms with van der Waals surface area (Å²) in [5.74, 6) is -0.374. The predicted molar refractivity (Wildman–Crippen MR) is 53.4 cm³/mol. The van der Waals surface area contributed by atoms with Gasteiger partial charge in [-0.2, -0.15) is 0 Å². The van der Waals surface area contributed by atoms with E-state index < -0.39 is 17.8 Å². The maximum absolute atomic E-state index is 11.9. The van der Waals surface area contributed by atoms with E-state index in [2.05, 4.69) is 4.74 Å². The van der Waals surface area contributed by atoms with Gasteiger partial charge in [-0.05, 0) is 24.6 Å². The van der Waals surface area contributed by atoms with Gasteiger partial charge >= 0.3 is 6.36 Å². The van der Waals surface area contributed by atoms with Crippen LogP contribution in [0.3, 0.4) is 0 Å². The van der Waals surface area contributed by atoms with Crippen molar-refractivity contribution in [2.75, 3.05) is 0 Å². The quantitative estimate of drug-likeness (QED) is 0.839. The molecule has 0 bridgehead atoms. The Hall–Kier alpha value is -0.940. The fraction of sp³-hybridized carbons (Fsp3) is 0.400. The lowest BCUT2D eigenvalue weighted by Crippen LogP contribution is -2.17. The van der Waals surface area contributed by atoms with Crippen molar-refractivity contribution in [1.29, 1.82) is 0 Å². The molecule has 0 amide bonds. The van der Waals surface area contributed by atoms with Gasteiger partial charge in [0.15, 0.2) is 0 Å². The molecule has 1 rings (SSSR count). The second-order valence-corrected chi connectivity index (χ2v) is 3.93. The standard InChI is InChI=1S/C10H10ClF3O2/c1-6(11)9(15)7-3-2-4-8(5-7)16-10(12,13)14/h2-6,9,15H,1H3. The number of rotatable bonds is 3. The van der Waals surface area contributed by atoms with Crippen LogP contribution in [0.5, 0.6) is 5.75 Å². The summed E-state index contributed by atoms with van der Waals surface area (Å²) in [6.45, 7) is 1.55. The van der Waals surface area contributed by atoms with Crippen molar-refractivity contribution in [3.63, 3.8) is 0 Å². The summed E-state index contributed by atoms with van der Waals surface area (Å²) in [5.41, 5.74) is 0.282. The van der Waals surface area contributed by atoms with Crippen LogP contribution in [0, 0.1) is 0 Å². The van der Waals surface area contributed by atoms with E-state index in [4.69, 9.17) is 11.6 Å². The molecule has 1 aromatic rings. The zero-order valence-electron chi connectivity index (χ0n) is 8.33. The minimum absolute atomic E-state index is 0.282. The molecule has 6 heteroatoms. The van der Waals surface area contributed by atoms with E-state index in [0.717, 1.165) is 12.1 Å². The van der Waals surface area contributed by atoms with Crippen molar-refractivity contribution >= 4 is 11.6 Å². The fourth-order valence-corrected chi connectivity index (χ4v) is 1.31. The van der Waals surface area contributed by atoms with Gasteiger partial charge < -0.3 is 9.84 Å². The smallest absolute Gasteiger partial charge is 0.406 e. The second kappa shape index (κ2) is 4.93. The number of hydrogen-bond donors (Lipinski definition) is 1. The summed E-state index contributed by atoms with van der Waals surface area (Å²) >= 11 is 5.64. The highest BCUT2D eigenvalue weighted by Gasteiger charge is 2.31. The van der Waals surface area contributed by atoms with E-state index in [1.165, 1.54) is 12.1 Å². The lowest BCUT2D eigenvalue weighted by atomic mass is 10.1. The van der Waals surface area contributed by atoms with Crippen LogP contribution in [-0.4, -0.2) is 16.8 Å². The molecule has 0 aliphatic carbocycles. The van der Waals surface area contributed by atoms with Crippen LogP contribution in [-0.2, 0) is 0 Å². The van der Waals surface area contributed by atoms with Gasteiger partial charge in [0, 0.05) is 0 Å². The number of ether oxygens (including phenoxy) is 1. The number of hydrogen-bond acceptors (Lipinski definition) is 2. The van der Waals surface area contributed by atoms with E-state index in [-0.39, 0.29) is 11.3 Å². The molecule has 2 atom stereocenters. The van der Waals surface area contributed by atoms with Crippen molar-refractivity contribution in [3.05, 3.63) is 29.8 Å². The molecule has 90 valence electrons. The summed E-state index contributed by atoms with van der Waals surface area (Å²) in [7, 11) is 0. The maximum atomic E-state index is 11.9. The normalized spacial score (nSPS) is 15.6. The molecule has 2 nitrogen and oxygen atoms in total. The SMILES string of the molecule is CC(Cl)C(O)c1cccc(OC(F)(F)F)c1. The van der Waals surface area contributed by atoms with Gasteiger partial charge in [0.1, 0.15) is 5.75 Å². The van der Waals surface area contributed by atoms with E-state index >= 15 is 0 Å². The first-order chi connectivity index (χ1) is 7.29. The van der Waals surface area contributed by atoms with Crippen LogP contribution >= 0.6 is 11.6 Å². The van der Waals surface area contributed by atoms with Gasteiger partial charge in [0.25, 0.3) is 0 Å². The van der Waals surface area contributed by atoms with Gasteiger partial charge in [0.05, 0.1) is 11.5 Å². The monoisotopic (exact) mass is 254 g/mol. The Labute approximate surface area is 95.6 Å². The molecule has 0 saturated heterocycles. The average Bonchev–Trinajstić information content (AvgIpc) is 2.14. The molecule has 0 heterocycles. The lowest BCUT2D eigenvalue weighted by Gasteiger charge is -2.15. The molecule has 0 spiro atoms. The van der Waals surface area contributed by atoms with Gasteiger partial charge in [-0.3, -0.25) is 0 Å². The van der Waals surface area contributed by atoms with Crippen LogP contribution in [0.25, 0.3) is 0 Å². The molecule has 0 radical (unpaired) electrons. The molecule has 0 saturated carbocycles. The zero-order valence-corrected chi connectivity index (χ0v) is 9.09. The highest BCUT2D eigenvalue weighted by atomic mass is 35.5. The predicted octanol–water partition coefficient (Wildman–Crippen LogP) is 3.25. The summed E-state index contributed by atoms with van der Waals surface area (Å²) in [4.78, 5) is 0. The molecule has 1 aromatic carbocycles. The van der Waals surface area contributed by atoms with E-state index in [9.17, 15) is 18.3 Å². The fourth-order valence-electron chi connectivity index (χ4n) is 1.16. The molecule has 1 N–H and O–H groups in total. The van der Waals surface area contributed by atoms with Crippen molar-refractivity contribution in [1.82, 2.24) is 0 Å². The topological polar surface area (TPSA) is 29.5 Å². The molecule has 0 fully saturated rings. The van der Waals surface area contributed by atoms with Gasteiger partial charge in [0.2, 0.25) is 0 Å². The van der Waals surface area contributed by atoms with Crippen molar-refractivity contribution in [2.45, 2.75) is 24.8 Å². The Bertz CT molecular complexity index is 352. The van der Waals surface area contributed by atoms with E-state index in [1.807, 2.05) is 0 Å². The molecule has 0 aliphatic heterocycles. The minimum Gasteiger partial charge on any atom is -0.406 e. The number of aliphatic hydroxyl groups excluding tert-OH is 1. The minimum atomic E-state index is -4.74. The van der Waals surface area contributed by atoms with Crippen LogP contribution < -0.4 is 4.74 Å². The van der Waals surface area contributed by atoms with Crippen molar-refractivity contribution < 1.29 is 23.0 Å². The Balaban J connectivity index is 2.87. The third-order valence-electron chi connectivity index (χ3n) is 1.87. The summed E-state index contributed by atoms with van der Waals surface area (Å²) < 4.78 is 39.5. The highest BCUT2D eigenvalue weighted by Crippen LogP contribution is 2.27. The maximum Gasteiger partial charge on any atom is 0.573 e. The number of aliphatic hydroxyl groups is 1. The van der Waals surface area contributed by atoms with Gasteiger partial charge in [-0.25, -0.2) is 0 Å².